The van der Waals surface area contributed by atoms with Crippen molar-refractivity contribution >= 4 is 5.69 Å². The third-order valence-electron chi connectivity index (χ3n) is 3.21. The smallest absolute Gasteiger partial charge is 0.214 e. The molecule has 18 heavy (non-hydrogen) atoms. The lowest BCUT2D eigenvalue weighted by molar-refractivity contribution is 0.0422. The highest BCUT2D eigenvalue weighted by molar-refractivity contribution is 5.48. The number of aromatic nitrogens is 1. The quantitative estimate of drug-likeness (QED) is 0.847. The van der Waals surface area contributed by atoms with Gasteiger partial charge in [0, 0.05) is 37.6 Å². The Morgan fingerprint density at radius 3 is 2.89 bits per heavy atom. The summed E-state index contributed by atoms with van der Waals surface area (Å²) in [5.74, 6) is 0.661. The summed E-state index contributed by atoms with van der Waals surface area (Å²) in [6, 6.07) is 3.99. The molecule has 5 nitrogen and oxygen atoms in total. The first-order chi connectivity index (χ1) is 8.83. The maximum Gasteiger partial charge on any atom is 0.214 e. The van der Waals surface area contributed by atoms with E-state index in [-0.39, 0.29) is 0 Å². The molecule has 0 aromatic carbocycles. The molecule has 1 aliphatic heterocycles. The fourth-order valence-electron chi connectivity index (χ4n) is 2.22. The van der Waals surface area contributed by atoms with Crippen LogP contribution in [0.15, 0.2) is 18.3 Å². The molecule has 1 aromatic heterocycles. The number of nitrogens with two attached hydrogens (primary N) is 1. The van der Waals surface area contributed by atoms with Crippen LogP contribution in [-0.2, 0) is 4.74 Å². The van der Waals surface area contributed by atoms with Gasteiger partial charge in [-0.3, -0.25) is 0 Å². The van der Waals surface area contributed by atoms with E-state index in [9.17, 15) is 0 Å². The Morgan fingerprint density at radius 2 is 2.22 bits per heavy atom. The van der Waals surface area contributed by atoms with Crippen molar-refractivity contribution in [2.45, 2.75) is 18.9 Å². The molecule has 2 heterocycles. The molecule has 0 aliphatic carbocycles. The van der Waals surface area contributed by atoms with Crippen molar-refractivity contribution in [1.82, 2.24) is 4.98 Å². The number of ether oxygens (including phenoxy) is 2. The predicted molar refractivity (Wildman–Crippen MR) is 71.0 cm³/mol. The normalized spacial score (nSPS) is 16.9. The van der Waals surface area contributed by atoms with Crippen molar-refractivity contribution in [1.29, 1.82) is 0 Å². The fraction of sp³-hybridized carbons (Fsp3) is 0.615. The van der Waals surface area contributed by atoms with Crippen molar-refractivity contribution < 1.29 is 9.47 Å². The molecule has 1 fully saturated rings. The molecular weight excluding hydrogens is 230 g/mol. The van der Waals surface area contributed by atoms with Crippen molar-refractivity contribution in [2.75, 3.05) is 38.3 Å². The second-order valence-electron chi connectivity index (χ2n) is 4.40. The number of piperidine rings is 1. The van der Waals surface area contributed by atoms with Gasteiger partial charge in [0.15, 0.2) is 0 Å². The minimum absolute atomic E-state index is 0.355. The van der Waals surface area contributed by atoms with Gasteiger partial charge in [-0.05, 0) is 18.9 Å². The van der Waals surface area contributed by atoms with Crippen LogP contribution in [0.25, 0.3) is 0 Å². The van der Waals surface area contributed by atoms with Gasteiger partial charge in [-0.1, -0.05) is 0 Å². The molecule has 0 unspecified atom stereocenters. The minimum atomic E-state index is 0.355. The van der Waals surface area contributed by atoms with Crippen molar-refractivity contribution in [3.63, 3.8) is 0 Å². The Balaban J connectivity index is 1.88. The van der Waals surface area contributed by atoms with E-state index in [1.807, 2.05) is 12.1 Å². The molecule has 0 bridgehead atoms. The molecule has 0 radical (unpaired) electrons. The third kappa shape index (κ3) is 3.34. The van der Waals surface area contributed by atoms with Crippen LogP contribution in [0.4, 0.5) is 5.69 Å². The summed E-state index contributed by atoms with van der Waals surface area (Å²) in [5, 5.41) is 0. The van der Waals surface area contributed by atoms with Gasteiger partial charge in [0.1, 0.15) is 0 Å². The number of hydrogen-bond donors (Lipinski definition) is 1. The molecular formula is C13H21N3O2. The van der Waals surface area contributed by atoms with Crippen LogP contribution in [0.2, 0.25) is 0 Å². The van der Waals surface area contributed by atoms with Crippen LogP contribution in [0.3, 0.4) is 0 Å². The summed E-state index contributed by atoms with van der Waals surface area (Å²) < 4.78 is 10.8. The zero-order valence-electron chi connectivity index (χ0n) is 10.8. The lowest BCUT2D eigenvalue weighted by Crippen LogP contribution is -2.37. The van der Waals surface area contributed by atoms with Gasteiger partial charge in [0.05, 0.1) is 19.8 Å². The standard InChI is InChI=1S/C13H21N3O2/c1-17-13-10-11(2-6-15-13)16-7-3-12(4-8-16)18-9-5-14/h2,6,10,12H,3-5,7-9,14H2,1H3. The average molecular weight is 251 g/mol. The summed E-state index contributed by atoms with van der Waals surface area (Å²) >= 11 is 0. The van der Waals surface area contributed by atoms with E-state index < -0.39 is 0 Å². The number of pyridine rings is 1. The molecule has 0 atom stereocenters. The molecule has 2 rings (SSSR count). The molecule has 5 heteroatoms. The van der Waals surface area contributed by atoms with Gasteiger partial charge >= 0.3 is 0 Å². The van der Waals surface area contributed by atoms with Crippen LogP contribution in [-0.4, -0.2) is 44.4 Å². The zero-order valence-corrected chi connectivity index (χ0v) is 10.8. The van der Waals surface area contributed by atoms with Crippen LogP contribution < -0.4 is 15.4 Å². The monoisotopic (exact) mass is 251 g/mol. The molecule has 0 amide bonds. The maximum atomic E-state index is 5.67. The predicted octanol–water partition coefficient (Wildman–Crippen LogP) is 1.03. The molecule has 100 valence electrons. The molecule has 1 aromatic rings. The summed E-state index contributed by atoms with van der Waals surface area (Å²) in [7, 11) is 1.64. The van der Waals surface area contributed by atoms with Gasteiger partial charge in [-0.15, -0.1) is 0 Å². The third-order valence-corrected chi connectivity index (χ3v) is 3.21. The van der Waals surface area contributed by atoms with Gasteiger partial charge in [0.2, 0.25) is 5.88 Å². The summed E-state index contributed by atoms with van der Waals surface area (Å²) in [5.41, 5.74) is 6.61. The SMILES string of the molecule is COc1cc(N2CCC(OCCN)CC2)ccn1. The topological polar surface area (TPSA) is 60.6 Å². The first kappa shape index (κ1) is 13.1. The molecule has 2 N–H and O–H groups in total. The Kier molecular flexibility index (Phi) is 4.78. The second-order valence-corrected chi connectivity index (χ2v) is 4.40. The molecule has 1 aliphatic rings. The van der Waals surface area contributed by atoms with Gasteiger partial charge in [-0.25, -0.2) is 4.98 Å². The van der Waals surface area contributed by atoms with Gasteiger partial charge in [-0.2, -0.15) is 0 Å². The molecule has 1 saturated heterocycles. The van der Waals surface area contributed by atoms with Crippen molar-refractivity contribution in [3.05, 3.63) is 18.3 Å². The first-order valence-electron chi connectivity index (χ1n) is 6.40. The van der Waals surface area contributed by atoms with Gasteiger partial charge < -0.3 is 20.1 Å². The van der Waals surface area contributed by atoms with E-state index in [1.54, 1.807) is 13.3 Å². The average Bonchev–Trinajstić information content (AvgIpc) is 2.46. The fourth-order valence-corrected chi connectivity index (χ4v) is 2.22. The first-order valence-corrected chi connectivity index (χ1v) is 6.40. The lowest BCUT2D eigenvalue weighted by Gasteiger charge is -2.33. The lowest BCUT2D eigenvalue weighted by atomic mass is 10.1. The zero-order chi connectivity index (χ0) is 12.8. The van der Waals surface area contributed by atoms with Gasteiger partial charge in [0.25, 0.3) is 0 Å². The Bertz CT molecular complexity index is 365. The van der Waals surface area contributed by atoms with Crippen molar-refractivity contribution in [3.8, 4) is 5.88 Å². The number of methoxy groups -OCH3 is 1. The Hall–Kier alpha value is -1.33. The maximum absolute atomic E-state index is 5.67. The number of nitrogens with zero attached hydrogens (tertiary/aromatic N) is 2. The van der Waals surface area contributed by atoms with Crippen molar-refractivity contribution in [2.24, 2.45) is 5.73 Å². The summed E-state index contributed by atoms with van der Waals surface area (Å²) in [6.45, 7) is 3.26. The van der Waals surface area contributed by atoms with E-state index in [1.165, 1.54) is 5.69 Å². The number of anilines is 1. The van der Waals surface area contributed by atoms with E-state index in [2.05, 4.69) is 9.88 Å². The van der Waals surface area contributed by atoms with Crippen LogP contribution in [0, 0.1) is 0 Å². The highest BCUT2D eigenvalue weighted by Gasteiger charge is 2.19. The van der Waals surface area contributed by atoms with Crippen LogP contribution in [0.5, 0.6) is 5.88 Å². The van der Waals surface area contributed by atoms with E-state index in [0.29, 0.717) is 25.1 Å². The second kappa shape index (κ2) is 6.56. The molecule has 0 saturated carbocycles. The summed E-state index contributed by atoms with van der Waals surface area (Å²) in [6.07, 6.45) is 4.23. The number of rotatable bonds is 5. The van der Waals surface area contributed by atoms with E-state index in [0.717, 1.165) is 25.9 Å². The van der Waals surface area contributed by atoms with Crippen LogP contribution >= 0.6 is 0 Å². The Labute approximate surface area is 108 Å². The van der Waals surface area contributed by atoms with Crippen LogP contribution in [0.1, 0.15) is 12.8 Å². The van der Waals surface area contributed by atoms with E-state index in [4.69, 9.17) is 15.2 Å². The largest absolute Gasteiger partial charge is 0.481 e. The highest BCUT2D eigenvalue weighted by Crippen LogP contribution is 2.23. The molecule has 0 spiro atoms. The highest BCUT2D eigenvalue weighted by atomic mass is 16.5. The minimum Gasteiger partial charge on any atom is -0.481 e. The van der Waals surface area contributed by atoms with E-state index >= 15 is 0 Å². The Morgan fingerprint density at radius 1 is 1.44 bits per heavy atom. The summed E-state index contributed by atoms with van der Waals surface area (Å²) in [4.78, 5) is 6.46. The number of hydrogen-bond acceptors (Lipinski definition) is 5.